The normalized spacial score (nSPS) is 12.6. The maximum Gasteiger partial charge on any atom is 0.150 e. The molecule has 0 radical (unpaired) electrons. The highest BCUT2D eigenvalue weighted by Gasteiger charge is 2.15. The number of rotatable bonds is 5. The zero-order chi connectivity index (χ0) is 13.8. The van der Waals surface area contributed by atoms with E-state index in [1.165, 1.54) is 6.07 Å². The van der Waals surface area contributed by atoms with Gasteiger partial charge in [-0.1, -0.05) is 6.92 Å². The predicted octanol–water partition coefficient (Wildman–Crippen LogP) is 2.53. The van der Waals surface area contributed by atoms with Crippen LogP contribution < -0.4 is 11.1 Å². The Labute approximate surface area is 111 Å². The number of nitrogens with one attached hydrogen (secondary N) is 1. The summed E-state index contributed by atoms with van der Waals surface area (Å²) < 4.78 is 14.1. The standard InChI is InChI=1S/C14H18FN3O/c1-2-9(5-7-19)18-14-11(15)8-12(16)10-4-3-6-17-13(10)14/h3-4,6,8-9,18-19H,2,5,7,16H2,1H3. The van der Waals surface area contributed by atoms with Crippen LogP contribution in [0, 0.1) is 5.82 Å². The molecule has 2 aromatic rings. The van der Waals surface area contributed by atoms with Gasteiger partial charge in [0.05, 0.1) is 11.2 Å². The van der Waals surface area contributed by atoms with Crippen LogP contribution in [0.2, 0.25) is 0 Å². The molecular formula is C14H18FN3O. The number of anilines is 2. The first-order valence-corrected chi connectivity index (χ1v) is 6.37. The molecule has 5 heteroatoms. The fourth-order valence-electron chi connectivity index (χ4n) is 2.11. The number of halogens is 1. The molecule has 1 aromatic heterocycles. The maximum absolute atomic E-state index is 14.1. The molecular weight excluding hydrogens is 245 g/mol. The van der Waals surface area contributed by atoms with E-state index in [4.69, 9.17) is 10.8 Å². The SMILES string of the molecule is CCC(CCO)Nc1c(F)cc(N)c2cccnc12. The van der Waals surface area contributed by atoms with Crippen LogP contribution in [-0.4, -0.2) is 22.7 Å². The fraction of sp³-hybridized carbons (Fsp3) is 0.357. The number of hydrogen-bond donors (Lipinski definition) is 3. The summed E-state index contributed by atoms with van der Waals surface area (Å²) in [5.74, 6) is -0.417. The Morgan fingerprint density at radius 1 is 1.53 bits per heavy atom. The van der Waals surface area contributed by atoms with E-state index in [0.717, 1.165) is 11.8 Å². The molecule has 0 saturated heterocycles. The third-order valence-electron chi connectivity index (χ3n) is 3.20. The summed E-state index contributed by atoms with van der Waals surface area (Å²) in [6.07, 6.45) is 2.97. The summed E-state index contributed by atoms with van der Waals surface area (Å²) in [5.41, 5.74) is 7.05. The number of pyridine rings is 1. The molecule has 0 aliphatic rings. The lowest BCUT2D eigenvalue weighted by molar-refractivity contribution is 0.278. The van der Waals surface area contributed by atoms with Crippen molar-refractivity contribution in [1.82, 2.24) is 4.98 Å². The Hall–Kier alpha value is -1.88. The van der Waals surface area contributed by atoms with E-state index in [0.29, 0.717) is 23.3 Å². The summed E-state index contributed by atoms with van der Waals surface area (Å²) >= 11 is 0. The van der Waals surface area contributed by atoms with Crippen molar-refractivity contribution in [3.05, 3.63) is 30.2 Å². The van der Waals surface area contributed by atoms with Gasteiger partial charge in [0.25, 0.3) is 0 Å². The smallest absolute Gasteiger partial charge is 0.150 e. The van der Waals surface area contributed by atoms with E-state index in [2.05, 4.69) is 10.3 Å². The predicted molar refractivity (Wildman–Crippen MR) is 75.5 cm³/mol. The molecule has 0 aliphatic heterocycles. The van der Waals surface area contributed by atoms with Crippen LogP contribution in [0.1, 0.15) is 19.8 Å². The summed E-state index contributed by atoms with van der Waals surface area (Å²) in [7, 11) is 0. The van der Waals surface area contributed by atoms with Crippen molar-refractivity contribution in [2.75, 3.05) is 17.7 Å². The lowest BCUT2D eigenvalue weighted by Gasteiger charge is -2.19. The van der Waals surface area contributed by atoms with E-state index >= 15 is 0 Å². The fourth-order valence-corrected chi connectivity index (χ4v) is 2.11. The Morgan fingerprint density at radius 2 is 2.32 bits per heavy atom. The Morgan fingerprint density at radius 3 is 3.00 bits per heavy atom. The minimum atomic E-state index is -0.417. The average Bonchev–Trinajstić information content (AvgIpc) is 2.42. The number of fused-ring (bicyclic) bond motifs is 1. The van der Waals surface area contributed by atoms with Crippen LogP contribution >= 0.6 is 0 Å². The summed E-state index contributed by atoms with van der Waals surface area (Å²) in [5, 5.41) is 12.8. The molecule has 1 heterocycles. The minimum absolute atomic E-state index is 0.00771. The molecule has 0 fully saturated rings. The van der Waals surface area contributed by atoms with Gasteiger partial charge in [0.15, 0.2) is 5.82 Å². The average molecular weight is 263 g/mol. The first-order valence-electron chi connectivity index (χ1n) is 6.37. The van der Waals surface area contributed by atoms with Gasteiger partial charge in [-0.3, -0.25) is 4.98 Å². The summed E-state index contributed by atoms with van der Waals surface area (Å²) in [6.45, 7) is 2.05. The van der Waals surface area contributed by atoms with Gasteiger partial charge >= 0.3 is 0 Å². The Bertz CT molecular complexity index is 574. The highest BCUT2D eigenvalue weighted by atomic mass is 19.1. The second kappa shape index (κ2) is 5.84. The second-order valence-corrected chi connectivity index (χ2v) is 4.48. The second-order valence-electron chi connectivity index (χ2n) is 4.48. The number of nitrogens with zero attached hydrogens (tertiary/aromatic N) is 1. The third-order valence-corrected chi connectivity index (χ3v) is 3.20. The number of nitrogens with two attached hydrogens (primary N) is 1. The molecule has 2 rings (SSSR count). The van der Waals surface area contributed by atoms with Crippen LogP contribution in [0.25, 0.3) is 10.9 Å². The van der Waals surface area contributed by atoms with Crippen molar-refractivity contribution in [3.8, 4) is 0 Å². The van der Waals surface area contributed by atoms with Crippen LogP contribution in [0.4, 0.5) is 15.8 Å². The monoisotopic (exact) mass is 263 g/mol. The molecule has 19 heavy (non-hydrogen) atoms. The van der Waals surface area contributed by atoms with Gasteiger partial charge in [-0.2, -0.15) is 0 Å². The van der Waals surface area contributed by atoms with E-state index < -0.39 is 5.82 Å². The van der Waals surface area contributed by atoms with Crippen molar-refractivity contribution in [2.24, 2.45) is 0 Å². The van der Waals surface area contributed by atoms with E-state index in [-0.39, 0.29) is 12.6 Å². The molecule has 4 nitrogen and oxygen atoms in total. The Balaban J connectivity index is 2.47. The molecule has 0 spiro atoms. The molecule has 1 unspecified atom stereocenters. The first-order chi connectivity index (χ1) is 9.17. The van der Waals surface area contributed by atoms with E-state index in [1.54, 1.807) is 12.3 Å². The number of benzene rings is 1. The Kier molecular flexibility index (Phi) is 4.16. The summed E-state index contributed by atoms with van der Waals surface area (Å²) in [6, 6.07) is 4.90. The van der Waals surface area contributed by atoms with Crippen molar-refractivity contribution in [3.63, 3.8) is 0 Å². The highest BCUT2D eigenvalue weighted by molar-refractivity contribution is 5.98. The van der Waals surface area contributed by atoms with Crippen LogP contribution in [0.15, 0.2) is 24.4 Å². The van der Waals surface area contributed by atoms with Crippen LogP contribution in [0.3, 0.4) is 0 Å². The zero-order valence-electron chi connectivity index (χ0n) is 10.9. The minimum Gasteiger partial charge on any atom is -0.398 e. The van der Waals surface area contributed by atoms with E-state index in [9.17, 15) is 4.39 Å². The van der Waals surface area contributed by atoms with Crippen molar-refractivity contribution in [2.45, 2.75) is 25.8 Å². The van der Waals surface area contributed by atoms with Gasteiger partial charge in [0, 0.05) is 29.9 Å². The lowest BCUT2D eigenvalue weighted by Crippen LogP contribution is -2.21. The van der Waals surface area contributed by atoms with Gasteiger partial charge in [0.1, 0.15) is 0 Å². The molecule has 1 aromatic carbocycles. The number of aromatic nitrogens is 1. The lowest BCUT2D eigenvalue weighted by atomic mass is 10.1. The number of hydrogen-bond acceptors (Lipinski definition) is 4. The largest absolute Gasteiger partial charge is 0.398 e. The molecule has 0 amide bonds. The molecule has 102 valence electrons. The number of aliphatic hydroxyl groups is 1. The molecule has 0 aliphatic carbocycles. The first kappa shape index (κ1) is 13.5. The zero-order valence-corrected chi connectivity index (χ0v) is 10.9. The van der Waals surface area contributed by atoms with Crippen LogP contribution in [0.5, 0.6) is 0 Å². The van der Waals surface area contributed by atoms with Gasteiger partial charge in [-0.05, 0) is 31.0 Å². The quantitative estimate of drug-likeness (QED) is 0.725. The number of nitrogen functional groups attached to an aromatic ring is 1. The van der Waals surface area contributed by atoms with Crippen molar-refractivity contribution < 1.29 is 9.50 Å². The topological polar surface area (TPSA) is 71.2 Å². The molecule has 0 bridgehead atoms. The summed E-state index contributed by atoms with van der Waals surface area (Å²) in [4.78, 5) is 4.21. The molecule has 0 saturated carbocycles. The van der Waals surface area contributed by atoms with Crippen molar-refractivity contribution >= 4 is 22.3 Å². The third kappa shape index (κ3) is 2.76. The number of aliphatic hydroxyl groups excluding tert-OH is 1. The molecule has 1 atom stereocenters. The van der Waals surface area contributed by atoms with Gasteiger partial charge in [-0.25, -0.2) is 4.39 Å². The van der Waals surface area contributed by atoms with E-state index in [1.807, 2.05) is 13.0 Å². The highest BCUT2D eigenvalue weighted by Crippen LogP contribution is 2.30. The van der Waals surface area contributed by atoms with Crippen LogP contribution in [-0.2, 0) is 0 Å². The molecule has 4 N–H and O–H groups in total. The van der Waals surface area contributed by atoms with Crippen molar-refractivity contribution in [1.29, 1.82) is 0 Å². The maximum atomic E-state index is 14.1. The van der Waals surface area contributed by atoms with Gasteiger partial charge in [-0.15, -0.1) is 0 Å². The van der Waals surface area contributed by atoms with Gasteiger partial charge in [0.2, 0.25) is 0 Å². The van der Waals surface area contributed by atoms with Gasteiger partial charge < -0.3 is 16.2 Å².